The Labute approximate surface area is 159 Å². The molecule has 4 aromatic rings. The van der Waals surface area contributed by atoms with Crippen molar-refractivity contribution < 1.29 is 9.90 Å². The van der Waals surface area contributed by atoms with Crippen LogP contribution in [-0.4, -0.2) is 15.9 Å². The van der Waals surface area contributed by atoms with E-state index in [1.807, 2.05) is 42.5 Å². The van der Waals surface area contributed by atoms with Gasteiger partial charge in [0.1, 0.15) is 5.75 Å². The van der Waals surface area contributed by atoms with Gasteiger partial charge in [0.2, 0.25) is 0 Å². The normalized spacial score (nSPS) is 10.9. The number of carbonyl (C=O) groups excluding carboxylic acids is 1. The van der Waals surface area contributed by atoms with Gasteiger partial charge in [0.25, 0.3) is 0 Å². The molecule has 4 rings (SSSR count). The minimum atomic E-state index is -0.0883. The molecule has 128 valence electrons. The Morgan fingerprint density at radius 2 is 1.69 bits per heavy atom. The van der Waals surface area contributed by atoms with E-state index in [1.165, 1.54) is 10.8 Å². The van der Waals surface area contributed by atoms with Gasteiger partial charge in [0.05, 0.1) is 15.8 Å². The number of aromatic nitrogens is 1. The van der Waals surface area contributed by atoms with Crippen LogP contribution in [0.5, 0.6) is 5.75 Å². The van der Waals surface area contributed by atoms with Gasteiger partial charge in [0.15, 0.2) is 10.1 Å². The number of Topliss-reactive ketones (excluding diaryl/α,β-unsaturated/α-hetero) is 1. The van der Waals surface area contributed by atoms with Gasteiger partial charge < -0.3 is 5.11 Å². The number of hydrogen-bond acceptors (Lipinski definition) is 5. The second kappa shape index (κ2) is 7.32. The third-order valence-electron chi connectivity index (χ3n) is 3.97. The highest BCUT2D eigenvalue weighted by molar-refractivity contribution is 8.01. The summed E-state index contributed by atoms with van der Waals surface area (Å²) in [4.78, 5) is 18.1. The fraction of sp³-hybridized carbons (Fsp3) is 0.0476. The molecular weight excluding hydrogens is 362 g/mol. The van der Waals surface area contributed by atoms with Crippen LogP contribution in [0.25, 0.3) is 10.2 Å². The predicted octanol–water partition coefficient (Wildman–Crippen LogP) is 5.58. The van der Waals surface area contributed by atoms with Gasteiger partial charge in [-0.3, -0.25) is 4.79 Å². The van der Waals surface area contributed by atoms with Crippen LogP contribution in [0.15, 0.2) is 82.0 Å². The highest BCUT2D eigenvalue weighted by Gasteiger charge is 2.11. The standard InChI is InChI=1S/C21H15NO2S2/c23-18-7-3-1-5-16(18)19(24)13-14-9-11-15(12-10-14)25-21-22-17-6-2-4-8-20(17)26-21/h1-12,23H,13H2. The van der Waals surface area contributed by atoms with E-state index in [-0.39, 0.29) is 18.0 Å². The second-order valence-corrected chi connectivity index (χ2v) is 8.16. The summed E-state index contributed by atoms with van der Waals surface area (Å²) in [6.07, 6.45) is 0.268. The number of carbonyl (C=O) groups is 1. The monoisotopic (exact) mass is 377 g/mol. The van der Waals surface area contributed by atoms with E-state index in [0.29, 0.717) is 5.56 Å². The summed E-state index contributed by atoms with van der Waals surface area (Å²) in [5, 5.41) is 9.80. The lowest BCUT2D eigenvalue weighted by Gasteiger charge is -2.05. The first-order valence-electron chi connectivity index (χ1n) is 8.12. The average molecular weight is 377 g/mol. The zero-order chi connectivity index (χ0) is 17.9. The van der Waals surface area contributed by atoms with Crippen molar-refractivity contribution in [2.45, 2.75) is 15.7 Å². The predicted molar refractivity (Wildman–Crippen MR) is 106 cm³/mol. The fourth-order valence-corrected chi connectivity index (χ4v) is 4.70. The lowest BCUT2D eigenvalue weighted by atomic mass is 10.0. The lowest BCUT2D eigenvalue weighted by molar-refractivity contribution is 0.0990. The first-order valence-corrected chi connectivity index (χ1v) is 9.76. The van der Waals surface area contributed by atoms with Crippen molar-refractivity contribution in [1.29, 1.82) is 0 Å². The van der Waals surface area contributed by atoms with Gasteiger partial charge in [-0.25, -0.2) is 4.98 Å². The Bertz CT molecular complexity index is 1040. The van der Waals surface area contributed by atoms with Gasteiger partial charge in [-0.2, -0.15) is 0 Å². The van der Waals surface area contributed by atoms with Crippen LogP contribution in [0, 0.1) is 0 Å². The molecule has 0 aliphatic rings. The van der Waals surface area contributed by atoms with Crippen molar-refractivity contribution in [3.8, 4) is 5.75 Å². The van der Waals surface area contributed by atoms with Crippen molar-refractivity contribution in [2.24, 2.45) is 0 Å². The van der Waals surface area contributed by atoms with E-state index >= 15 is 0 Å². The quantitative estimate of drug-likeness (QED) is 0.461. The van der Waals surface area contributed by atoms with E-state index in [0.717, 1.165) is 20.3 Å². The molecule has 0 unspecified atom stereocenters. The maximum Gasteiger partial charge on any atom is 0.170 e. The molecule has 0 atom stereocenters. The van der Waals surface area contributed by atoms with Gasteiger partial charge in [0, 0.05) is 11.3 Å². The Morgan fingerprint density at radius 3 is 2.46 bits per heavy atom. The van der Waals surface area contributed by atoms with Gasteiger partial charge in [-0.05, 0) is 42.0 Å². The molecule has 0 aliphatic heterocycles. The summed E-state index contributed by atoms with van der Waals surface area (Å²) in [7, 11) is 0. The maximum atomic E-state index is 12.3. The number of benzene rings is 3. The topological polar surface area (TPSA) is 50.2 Å². The third-order valence-corrected chi connectivity index (χ3v) is 6.08. The van der Waals surface area contributed by atoms with Crippen LogP contribution in [0.4, 0.5) is 0 Å². The highest BCUT2D eigenvalue weighted by Crippen LogP contribution is 2.34. The van der Waals surface area contributed by atoms with E-state index in [4.69, 9.17) is 0 Å². The first-order chi connectivity index (χ1) is 12.7. The summed E-state index contributed by atoms with van der Waals surface area (Å²) in [6.45, 7) is 0. The average Bonchev–Trinajstić information content (AvgIpc) is 3.06. The van der Waals surface area contributed by atoms with Crippen molar-refractivity contribution >= 4 is 39.1 Å². The van der Waals surface area contributed by atoms with E-state index in [2.05, 4.69) is 11.1 Å². The van der Waals surface area contributed by atoms with Crippen molar-refractivity contribution in [1.82, 2.24) is 4.98 Å². The minimum Gasteiger partial charge on any atom is -0.507 e. The van der Waals surface area contributed by atoms with Crippen LogP contribution in [0.2, 0.25) is 0 Å². The summed E-state index contributed by atoms with van der Waals surface area (Å²) in [5.74, 6) is -0.0600. The molecular formula is C21H15NO2S2. The van der Waals surface area contributed by atoms with E-state index < -0.39 is 0 Å². The van der Waals surface area contributed by atoms with Crippen molar-refractivity contribution in [3.05, 3.63) is 83.9 Å². The summed E-state index contributed by atoms with van der Waals surface area (Å²) >= 11 is 3.30. The Morgan fingerprint density at radius 1 is 0.962 bits per heavy atom. The van der Waals surface area contributed by atoms with Crippen LogP contribution in [0.3, 0.4) is 0 Å². The number of ketones is 1. The summed E-state index contributed by atoms with van der Waals surface area (Å²) < 4.78 is 2.18. The molecule has 1 heterocycles. The van der Waals surface area contributed by atoms with E-state index in [1.54, 1.807) is 41.3 Å². The number of phenolic OH excluding ortho intramolecular Hbond substituents is 1. The number of rotatable bonds is 5. The summed E-state index contributed by atoms with van der Waals surface area (Å²) in [5.41, 5.74) is 2.30. The van der Waals surface area contributed by atoms with Gasteiger partial charge in [-0.1, -0.05) is 48.2 Å². The Kier molecular flexibility index (Phi) is 4.73. The molecule has 0 radical (unpaired) electrons. The van der Waals surface area contributed by atoms with Crippen LogP contribution < -0.4 is 0 Å². The Hall–Kier alpha value is -2.63. The molecule has 0 saturated carbocycles. The van der Waals surface area contributed by atoms with Crippen LogP contribution in [-0.2, 0) is 6.42 Å². The molecule has 26 heavy (non-hydrogen) atoms. The van der Waals surface area contributed by atoms with Crippen molar-refractivity contribution in [3.63, 3.8) is 0 Å². The van der Waals surface area contributed by atoms with Gasteiger partial charge >= 0.3 is 0 Å². The van der Waals surface area contributed by atoms with Gasteiger partial charge in [-0.15, -0.1) is 11.3 Å². The number of fused-ring (bicyclic) bond motifs is 1. The SMILES string of the molecule is O=C(Cc1ccc(Sc2nc3ccccc3s2)cc1)c1ccccc1O. The number of aromatic hydroxyl groups is 1. The number of para-hydroxylation sites is 2. The molecule has 1 aromatic heterocycles. The molecule has 0 aliphatic carbocycles. The Balaban J connectivity index is 1.46. The zero-order valence-electron chi connectivity index (χ0n) is 13.8. The number of thiazole rings is 1. The number of phenols is 1. The number of hydrogen-bond donors (Lipinski definition) is 1. The molecule has 0 bridgehead atoms. The van der Waals surface area contributed by atoms with E-state index in [9.17, 15) is 9.90 Å². The summed E-state index contributed by atoms with van der Waals surface area (Å²) in [6, 6.07) is 22.7. The van der Waals surface area contributed by atoms with Crippen LogP contribution >= 0.6 is 23.1 Å². The second-order valence-electron chi connectivity index (χ2n) is 5.81. The maximum absolute atomic E-state index is 12.3. The molecule has 3 aromatic carbocycles. The minimum absolute atomic E-state index is 0.0283. The van der Waals surface area contributed by atoms with Crippen LogP contribution in [0.1, 0.15) is 15.9 Å². The first kappa shape index (κ1) is 16.8. The molecule has 1 N–H and O–H groups in total. The molecule has 0 amide bonds. The fourth-order valence-electron chi connectivity index (χ4n) is 2.66. The highest BCUT2D eigenvalue weighted by atomic mass is 32.2. The largest absolute Gasteiger partial charge is 0.507 e. The number of nitrogens with zero attached hydrogens (tertiary/aromatic N) is 1. The molecule has 3 nitrogen and oxygen atoms in total. The molecule has 0 fully saturated rings. The smallest absolute Gasteiger partial charge is 0.170 e. The third kappa shape index (κ3) is 3.64. The molecule has 5 heteroatoms. The lowest BCUT2D eigenvalue weighted by Crippen LogP contribution is -2.03. The molecule has 0 saturated heterocycles. The zero-order valence-corrected chi connectivity index (χ0v) is 15.4. The molecule has 0 spiro atoms. The van der Waals surface area contributed by atoms with Crippen molar-refractivity contribution in [2.75, 3.05) is 0 Å².